The zero-order valence-corrected chi connectivity index (χ0v) is 17.8. The Hall–Kier alpha value is -3.02. The van der Waals surface area contributed by atoms with Crippen LogP contribution in [0.2, 0.25) is 10.0 Å². The van der Waals surface area contributed by atoms with Gasteiger partial charge in [-0.3, -0.25) is 9.59 Å². The number of ether oxygens (including phenoxy) is 1. The van der Waals surface area contributed by atoms with Gasteiger partial charge in [0.15, 0.2) is 6.61 Å². The van der Waals surface area contributed by atoms with Crippen LogP contribution in [0.4, 0.5) is 11.4 Å². The van der Waals surface area contributed by atoms with Crippen molar-refractivity contribution in [3.63, 3.8) is 0 Å². The van der Waals surface area contributed by atoms with E-state index in [-0.39, 0.29) is 18.4 Å². The van der Waals surface area contributed by atoms with Crippen LogP contribution < -0.4 is 15.0 Å². The maximum absolute atomic E-state index is 13.0. The number of benzene rings is 3. The maximum Gasteiger partial charge on any atom is 0.262 e. The van der Waals surface area contributed by atoms with Crippen molar-refractivity contribution in [2.45, 2.75) is 6.92 Å². The first-order valence-corrected chi connectivity index (χ1v) is 10.1. The molecule has 0 heterocycles. The lowest BCUT2D eigenvalue weighted by molar-refractivity contribution is -0.118. The molecular weight excluding hydrogens is 423 g/mol. The number of halogens is 2. The lowest BCUT2D eigenvalue weighted by atomic mass is 10.1. The third-order valence-electron chi connectivity index (χ3n) is 4.28. The highest BCUT2D eigenvalue weighted by Gasteiger charge is 2.16. The summed E-state index contributed by atoms with van der Waals surface area (Å²) in [4.78, 5) is 26.9. The Labute approximate surface area is 185 Å². The lowest BCUT2D eigenvalue weighted by Crippen LogP contribution is -2.30. The summed E-state index contributed by atoms with van der Waals surface area (Å²) in [5, 5.41) is 3.54. The van der Waals surface area contributed by atoms with Crippen LogP contribution >= 0.6 is 23.2 Å². The summed E-state index contributed by atoms with van der Waals surface area (Å²) in [6.07, 6.45) is 0. The number of rotatable bonds is 7. The van der Waals surface area contributed by atoms with Crippen LogP contribution in [-0.4, -0.2) is 25.0 Å². The zero-order valence-electron chi connectivity index (χ0n) is 16.3. The van der Waals surface area contributed by atoms with Gasteiger partial charge in [-0.15, -0.1) is 0 Å². The molecule has 3 aromatic rings. The number of nitrogens with zero attached hydrogens (tertiary/aromatic N) is 1. The lowest BCUT2D eigenvalue weighted by Gasteiger charge is -2.21. The Kier molecular flexibility index (Phi) is 7.33. The van der Waals surface area contributed by atoms with E-state index in [0.717, 1.165) is 5.69 Å². The van der Waals surface area contributed by atoms with Crippen LogP contribution in [0, 0.1) is 0 Å². The summed E-state index contributed by atoms with van der Waals surface area (Å²) in [6, 6.07) is 21.0. The highest BCUT2D eigenvalue weighted by atomic mass is 35.5. The quantitative estimate of drug-likeness (QED) is 0.511. The van der Waals surface area contributed by atoms with E-state index >= 15 is 0 Å². The normalized spacial score (nSPS) is 10.4. The van der Waals surface area contributed by atoms with Crippen molar-refractivity contribution in [1.29, 1.82) is 0 Å². The van der Waals surface area contributed by atoms with Crippen LogP contribution in [0.25, 0.3) is 0 Å². The van der Waals surface area contributed by atoms with Crippen molar-refractivity contribution in [3.05, 3.63) is 88.4 Å². The standard InChI is InChI=1S/C23H20Cl2N2O3/c1-2-27(19-9-4-3-5-10-19)23(29)16-7-6-8-18(13-16)26-22(28)15-30-21-12-11-17(24)14-20(21)25/h3-14H,2,15H2,1H3,(H,26,28). The summed E-state index contributed by atoms with van der Waals surface area (Å²) < 4.78 is 5.44. The van der Waals surface area contributed by atoms with Gasteiger partial charge in [-0.25, -0.2) is 0 Å². The van der Waals surface area contributed by atoms with Crippen molar-refractivity contribution in [2.75, 3.05) is 23.4 Å². The van der Waals surface area contributed by atoms with E-state index in [4.69, 9.17) is 27.9 Å². The van der Waals surface area contributed by atoms with Crippen molar-refractivity contribution in [3.8, 4) is 5.75 Å². The minimum Gasteiger partial charge on any atom is -0.482 e. The topological polar surface area (TPSA) is 58.6 Å². The summed E-state index contributed by atoms with van der Waals surface area (Å²) >= 11 is 11.9. The molecular formula is C23H20Cl2N2O3. The predicted molar refractivity (Wildman–Crippen MR) is 121 cm³/mol. The average molecular weight is 443 g/mol. The fourth-order valence-electron chi connectivity index (χ4n) is 2.87. The van der Waals surface area contributed by atoms with Crippen molar-refractivity contribution in [2.24, 2.45) is 0 Å². The second-order valence-corrected chi connectivity index (χ2v) is 7.22. The van der Waals surface area contributed by atoms with Gasteiger partial charge in [-0.1, -0.05) is 47.5 Å². The molecule has 0 aromatic heterocycles. The third kappa shape index (κ3) is 5.53. The first-order valence-electron chi connectivity index (χ1n) is 9.32. The number of carbonyl (C=O) groups excluding carboxylic acids is 2. The van der Waals surface area contributed by atoms with Crippen molar-refractivity contribution < 1.29 is 14.3 Å². The van der Waals surface area contributed by atoms with Crippen LogP contribution in [0.15, 0.2) is 72.8 Å². The molecule has 1 N–H and O–H groups in total. The Balaban J connectivity index is 1.66. The molecule has 0 fully saturated rings. The smallest absolute Gasteiger partial charge is 0.262 e. The summed E-state index contributed by atoms with van der Waals surface area (Å²) in [6.45, 7) is 2.20. The van der Waals surface area contributed by atoms with Crippen molar-refractivity contribution >= 4 is 46.4 Å². The predicted octanol–water partition coefficient (Wildman–Crippen LogP) is 5.68. The molecule has 0 aliphatic carbocycles. The molecule has 0 unspecified atom stereocenters. The molecule has 5 nitrogen and oxygen atoms in total. The minimum atomic E-state index is -0.374. The monoisotopic (exact) mass is 442 g/mol. The first-order chi connectivity index (χ1) is 14.5. The van der Waals surface area contributed by atoms with Crippen LogP contribution in [0.1, 0.15) is 17.3 Å². The van der Waals surface area contributed by atoms with E-state index in [0.29, 0.717) is 33.6 Å². The SMILES string of the molecule is CCN(C(=O)c1cccc(NC(=O)COc2ccc(Cl)cc2Cl)c1)c1ccccc1. The molecule has 3 rings (SSSR count). The molecule has 30 heavy (non-hydrogen) atoms. The number of carbonyl (C=O) groups is 2. The largest absolute Gasteiger partial charge is 0.482 e. The molecule has 0 saturated carbocycles. The molecule has 0 bridgehead atoms. The van der Waals surface area contributed by atoms with Crippen LogP contribution in [0.3, 0.4) is 0 Å². The number of nitrogens with one attached hydrogen (secondary N) is 1. The van der Waals surface area contributed by atoms with E-state index in [1.807, 2.05) is 37.3 Å². The Bertz CT molecular complexity index is 1040. The fourth-order valence-corrected chi connectivity index (χ4v) is 3.33. The zero-order chi connectivity index (χ0) is 21.5. The van der Waals surface area contributed by atoms with Gasteiger partial charge in [0, 0.05) is 28.5 Å². The first kappa shape index (κ1) is 21.7. The van der Waals surface area contributed by atoms with Gasteiger partial charge in [0.25, 0.3) is 11.8 Å². The molecule has 0 radical (unpaired) electrons. The molecule has 0 aliphatic heterocycles. The number of hydrogen-bond donors (Lipinski definition) is 1. The Morgan fingerprint density at radius 2 is 1.73 bits per heavy atom. The Morgan fingerprint density at radius 3 is 2.43 bits per heavy atom. The number of anilines is 2. The second kappa shape index (κ2) is 10.1. The highest BCUT2D eigenvalue weighted by Crippen LogP contribution is 2.27. The molecule has 7 heteroatoms. The van der Waals surface area contributed by atoms with Gasteiger partial charge in [0.1, 0.15) is 5.75 Å². The van der Waals surface area contributed by atoms with Gasteiger partial charge < -0.3 is 15.0 Å². The molecule has 0 atom stereocenters. The van der Waals surface area contributed by atoms with E-state index in [2.05, 4.69) is 5.32 Å². The highest BCUT2D eigenvalue weighted by molar-refractivity contribution is 6.35. The van der Waals surface area contributed by atoms with E-state index in [9.17, 15) is 9.59 Å². The summed E-state index contributed by atoms with van der Waals surface area (Å²) in [5.41, 5.74) is 1.79. The summed E-state index contributed by atoms with van der Waals surface area (Å²) in [5.74, 6) is -0.161. The van der Waals surface area contributed by atoms with E-state index in [1.54, 1.807) is 41.3 Å². The van der Waals surface area contributed by atoms with E-state index in [1.165, 1.54) is 6.07 Å². The van der Waals surface area contributed by atoms with Gasteiger partial charge in [0.05, 0.1) is 5.02 Å². The van der Waals surface area contributed by atoms with Crippen LogP contribution in [0.5, 0.6) is 5.75 Å². The molecule has 0 spiro atoms. The summed E-state index contributed by atoms with van der Waals surface area (Å²) in [7, 11) is 0. The average Bonchev–Trinajstić information content (AvgIpc) is 2.74. The third-order valence-corrected chi connectivity index (χ3v) is 4.81. The van der Waals surface area contributed by atoms with Gasteiger partial charge >= 0.3 is 0 Å². The Morgan fingerprint density at radius 1 is 0.967 bits per heavy atom. The number of amides is 2. The van der Waals surface area contributed by atoms with Gasteiger partial charge in [0.2, 0.25) is 0 Å². The van der Waals surface area contributed by atoms with Gasteiger partial charge in [-0.05, 0) is 55.5 Å². The van der Waals surface area contributed by atoms with Gasteiger partial charge in [-0.2, -0.15) is 0 Å². The fraction of sp³-hybridized carbons (Fsp3) is 0.130. The molecule has 0 aliphatic rings. The second-order valence-electron chi connectivity index (χ2n) is 6.38. The molecule has 3 aromatic carbocycles. The molecule has 154 valence electrons. The number of hydrogen-bond acceptors (Lipinski definition) is 3. The molecule has 0 saturated heterocycles. The van der Waals surface area contributed by atoms with E-state index < -0.39 is 0 Å². The minimum absolute atomic E-state index is 0.149. The van der Waals surface area contributed by atoms with Crippen LogP contribution in [-0.2, 0) is 4.79 Å². The maximum atomic E-state index is 13.0. The number of para-hydroxylation sites is 1. The van der Waals surface area contributed by atoms with Crippen molar-refractivity contribution in [1.82, 2.24) is 0 Å². The molecule has 2 amide bonds.